The van der Waals surface area contributed by atoms with Crippen LogP contribution >= 0.6 is 0 Å². The van der Waals surface area contributed by atoms with Crippen molar-refractivity contribution in [2.45, 2.75) is 45.2 Å². The highest BCUT2D eigenvalue weighted by atomic mass is 19.1. The molecule has 0 aromatic heterocycles. The molecule has 2 unspecified atom stereocenters. The number of halogens is 1. The summed E-state index contributed by atoms with van der Waals surface area (Å²) in [6.07, 6.45) is 2.34. The van der Waals surface area contributed by atoms with Gasteiger partial charge in [-0.05, 0) is 49.8 Å². The zero-order valence-electron chi connectivity index (χ0n) is 12.2. The molecule has 5 heteroatoms. The summed E-state index contributed by atoms with van der Waals surface area (Å²) in [5.41, 5.74) is 1.08. The van der Waals surface area contributed by atoms with E-state index in [4.69, 9.17) is 0 Å². The summed E-state index contributed by atoms with van der Waals surface area (Å²) in [7, 11) is 0. The normalized spacial score (nSPS) is 26.0. The van der Waals surface area contributed by atoms with Gasteiger partial charge in [-0.3, -0.25) is 14.5 Å². The van der Waals surface area contributed by atoms with Crippen LogP contribution in [0.5, 0.6) is 0 Å². The van der Waals surface area contributed by atoms with E-state index in [1.807, 2.05) is 13.8 Å². The number of amides is 2. The summed E-state index contributed by atoms with van der Waals surface area (Å²) in [5.74, 6) is -0.630. The Hall–Kier alpha value is -1.91. The second-order valence-electron chi connectivity index (χ2n) is 5.91. The maximum atomic E-state index is 14.2. The molecule has 1 aliphatic heterocycles. The molecule has 21 heavy (non-hydrogen) atoms. The lowest BCUT2D eigenvalue weighted by Gasteiger charge is -2.39. The Morgan fingerprint density at radius 2 is 2.05 bits per heavy atom. The lowest BCUT2D eigenvalue weighted by Crippen LogP contribution is -2.64. The Bertz CT molecular complexity index is 598. The smallest absolute Gasteiger partial charge is 0.250 e. The molecule has 2 aliphatic rings. The van der Waals surface area contributed by atoms with E-state index < -0.39 is 17.9 Å². The average Bonchev–Trinajstić information content (AvgIpc) is 3.28. The number of anilines is 1. The maximum Gasteiger partial charge on any atom is 0.250 e. The number of hydrogen-bond donors (Lipinski definition) is 1. The summed E-state index contributed by atoms with van der Waals surface area (Å²) >= 11 is 0. The summed E-state index contributed by atoms with van der Waals surface area (Å²) < 4.78 is 14.2. The first-order valence-corrected chi connectivity index (χ1v) is 7.42. The highest BCUT2D eigenvalue weighted by molar-refractivity contribution is 6.08. The van der Waals surface area contributed by atoms with Crippen LogP contribution in [0, 0.1) is 18.7 Å². The van der Waals surface area contributed by atoms with Crippen molar-refractivity contribution in [1.29, 1.82) is 0 Å². The molecule has 3 rings (SSSR count). The van der Waals surface area contributed by atoms with E-state index in [0.29, 0.717) is 6.42 Å². The van der Waals surface area contributed by atoms with Crippen molar-refractivity contribution < 1.29 is 14.0 Å². The fraction of sp³-hybridized carbons (Fsp3) is 0.500. The van der Waals surface area contributed by atoms with Gasteiger partial charge < -0.3 is 5.32 Å². The highest BCUT2D eigenvalue weighted by Crippen LogP contribution is 2.37. The summed E-state index contributed by atoms with van der Waals surface area (Å²) in [5, 5.41) is 2.81. The lowest BCUT2D eigenvalue weighted by atomic mass is 10.0. The van der Waals surface area contributed by atoms with Crippen LogP contribution in [0.3, 0.4) is 0 Å². The third-order valence-corrected chi connectivity index (χ3v) is 4.26. The molecule has 1 aromatic carbocycles. The Kier molecular flexibility index (Phi) is 3.43. The number of rotatable bonds is 3. The van der Waals surface area contributed by atoms with Crippen molar-refractivity contribution in [3.05, 3.63) is 29.6 Å². The molecule has 4 nitrogen and oxygen atoms in total. The van der Waals surface area contributed by atoms with Crippen LogP contribution in [-0.2, 0) is 9.59 Å². The Balaban J connectivity index is 2.03. The van der Waals surface area contributed by atoms with Crippen LogP contribution in [0.15, 0.2) is 18.2 Å². The van der Waals surface area contributed by atoms with Crippen molar-refractivity contribution >= 4 is 17.5 Å². The third kappa shape index (κ3) is 2.41. The van der Waals surface area contributed by atoms with E-state index in [0.717, 1.165) is 18.4 Å². The summed E-state index contributed by atoms with van der Waals surface area (Å²) in [6.45, 7) is 3.67. The van der Waals surface area contributed by atoms with Gasteiger partial charge in [0.15, 0.2) is 0 Å². The van der Waals surface area contributed by atoms with Gasteiger partial charge in [-0.15, -0.1) is 0 Å². The fourth-order valence-corrected chi connectivity index (χ4v) is 2.94. The van der Waals surface area contributed by atoms with Gasteiger partial charge >= 0.3 is 0 Å². The fourth-order valence-electron chi connectivity index (χ4n) is 2.94. The molecule has 0 radical (unpaired) electrons. The molecule has 2 fully saturated rings. The average molecular weight is 290 g/mol. The van der Waals surface area contributed by atoms with E-state index in [2.05, 4.69) is 5.32 Å². The number of carbonyl (C=O) groups is 2. The van der Waals surface area contributed by atoms with Crippen LogP contribution in [0.25, 0.3) is 0 Å². The minimum atomic E-state index is -0.635. The first-order valence-electron chi connectivity index (χ1n) is 7.42. The molecule has 1 heterocycles. The number of nitrogens with one attached hydrogen (secondary N) is 1. The summed E-state index contributed by atoms with van der Waals surface area (Å²) in [4.78, 5) is 26.4. The molecule has 1 N–H and O–H groups in total. The van der Waals surface area contributed by atoms with Crippen molar-refractivity contribution in [2.24, 2.45) is 5.92 Å². The lowest BCUT2D eigenvalue weighted by molar-refractivity contribution is -0.134. The van der Waals surface area contributed by atoms with Crippen LogP contribution in [0.4, 0.5) is 10.1 Å². The molecular formula is C16H19FN2O2. The number of hydrogen-bond acceptors (Lipinski definition) is 2. The zero-order valence-corrected chi connectivity index (χ0v) is 12.2. The Labute approximate surface area is 123 Å². The topological polar surface area (TPSA) is 49.4 Å². The predicted molar refractivity (Wildman–Crippen MR) is 77.4 cm³/mol. The first kappa shape index (κ1) is 14.0. The molecule has 0 spiro atoms. The van der Waals surface area contributed by atoms with E-state index in [1.165, 1.54) is 11.0 Å². The van der Waals surface area contributed by atoms with Crippen LogP contribution in [0.1, 0.15) is 31.7 Å². The molecule has 1 aromatic rings. The molecule has 1 saturated carbocycles. The molecular weight excluding hydrogens is 271 g/mol. The molecule has 0 bridgehead atoms. The number of benzene rings is 1. The monoisotopic (exact) mass is 290 g/mol. The largest absolute Gasteiger partial charge is 0.342 e. The predicted octanol–water partition coefficient (Wildman–Crippen LogP) is 2.15. The zero-order chi connectivity index (χ0) is 15.1. The van der Waals surface area contributed by atoms with Gasteiger partial charge in [-0.25, -0.2) is 4.39 Å². The van der Waals surface area contributed by atoms with Crippen molar-refractivity contribution in [3.63, 3.8) is 0 Å². The Morgan fingerprint density at radius 3 is 2.67 bits per heavy atom. The van der Waals surface area contributed by atoms with Crippen molar-refractivity contribution in [1.82, 2.24) is 5.32 Å². The standard InChI is InChI=1S/C16H19FN2O2/c1-3-12-15(20)18-14(10-5-6-10)16(21)19(12)13-8-9(2)4-7-11(13)17/h4,7-8,10,12,14H,3,5-6H2,1-2H3,(H,18,20). The van der Waals surface area contributed by atoms with Gasteiger partial charge in [0.2, 0.25) is 5.91 Å². The van der Waals surface area contributed by atoms with Gasteiger partial charge in [0.1, 0.15) is 17.9 Å². The molecule has 112 valence electrons. The van der Waals surface area contributed by atoms with Gasteiger partial charge in [0.25, 0.3) is 5.91 Å². The Morgan fingerprint density at radius 1 is 1.33 bits per heavy atom. The van der Waals surface area contributed by atoms with Gasteiger partial charge in [-0.1, -0.05) is 13.0 Å². The van der Waals surface area contributed by atoms with Crippen LogP contribution in [0.2, 0.25) is 0 Å². The highest BCUT2D eigenvalue weighted by Gasteiger charge is 2.47. The van der Waals surface area contributed by atoms with Gasteiger partial charge in [0.05, 0.1) is 5.69 Å². The quantitative estimate of drug-likeness (QED) is 0.927. The van der Waals surface area contributed by atoms with Gasteiger partial charge in [-0.2, -0.15) is 0 Å². The number of nitrogens with zero attached hydrogens (tertiary/aromatic N) is 1. The minimum Gasteiger partial charge on any atom is -0.342 e. The van der Waals surface area contributed by atoms with Crippen molar-refractivity contribution in [3.8, 4) is 0 Å². The van der Waals surface area contributed by atoms with E-state index >= 15 is 0 Å². The second-order valence-corrected chi connectivity index (χ2v) is 5.91. The molecule has 1 saturated heterocycles. The third-order valence-electron chi connectivity index (χ3n) is 4.26. The second kappa shape index (κ2) is 5.13. The first-order chi connectivity index (χ1) is 10.0. The van der Waals surface area contributed by atoms with E-state index in [-0.39, 0.29) is 23.4 Å². The van der Waals surface area contributed by atoms with Crippen molar-refractivity contribution in [2.75, 3.05) is 4.90 Å². The summed E-state index contributed by atoms with van der Waals surface area (Å²) in [6, 6.07) is 3.51. The van der Waals surface area contributed by atoms with Crippen LogP contribution < -0.4 is 10.2 Å². The van der Waals surface area contributed by atoms with Gasteiger partial charge in [0, 0.05) is 0 Å². The molecule has 1 aliphatic carbocycles. The number of carbonyl (C=O) groups excluding carboxylic acids is 2. The van der Waals surface area contributed by atoms with Crippen LogP contribution in [-0.4, -0.2) is 23.9 Å². The maximum absolute atomic E-state index is 14.2. The number of aryl methyl sites for hydroxylation is 1. The van der Waals surface area contributed by atoms with E-state index in [1.54, 1.807) is 12.1 Å². The molecule has 2 atom stereocenters. The SMILES string of the molecule is CCC1C(=O)NC(C2CC2)C(=O)N1c1cc(C)ccc1F. The van der Waals surface area contributed by atoms with E-state index in [9.17, 15) is 14.0 Å². The molecule has 2 amide bonds. The minimum absolute atomic E-state index is 0.185. The number of piperazine rings is 1.